The van der Waals surface area contributed by atoms with E-state index < -0.39 is 0 Å². The molecule has 0 aliphatic carbocycles. The molecule has 0 spiro atoms. The fraction of sp³-hybridized carbons (Fsp3) is 0.444. The fourth-order valence-corrected chi connectivity index (χ4v) is 2.67. The summed E-state index contributed by atoms with van der Waals surface area (Å²) in [6.45, 7) is 8.70. The Morgan fingerprint density at radius 1 is 1.17 bits per heavy atom. The van der Waals surface area contributed by atoms with Crippen molar-refractivity contribution in [3.63, 3.8) is 0 Å². The fourth-order valence-electron chi connectivity index (χ4n) is 2.67. The van der Waals surface area contributed by atoms with Crippen LogP contribution in [-0.4, -0.2) is 54.2 Å². The van der Waals surface area contributed by atoms with Crippen LogP contribution < -0.4 is 5.32 Å². The van der Waals surface area contributed by atoms with Gasteiger partial charge in [-0.15, -0.1) is 0 Å². The lowest BCUT2D eigenvalue weighted by molar-refractivity contribution is -0.132. The molecule has 0 atom stereocenters. The van der Waals surface area contributed by atoms with Crippen LogP contribution in [0, 0.1) is 0 Å². The molecule has 0 saturated heterocycles. The van der Waals surface area contributed by atoms with E-state index in [2.05, 4.69) is 24.1 Å². The molecule has 124 valence electrons. The second kappa shape index (κ2) is 7.92. The third-order valence-electron chi connectivity index (χ3n) is 4.17. The highest BCUT2D eigenvalue weighted by atomic mass is 16.2. The number of amides is 1. The Hall–Kier alpha value is -2.14. The van der Waals surface area contributed by atoms with E-state index >= 15 is 0 Å². The van der Waals surface area contributed by atoms with E-state index in [1.165, 1.54) is 6.92 Å². The molecule has 0 unspecified atom stereocenters. The number of anilines is 1. The molecule has 5 heteroatoms. The maximum absolute atomic E-state index is 12.6. The molecule has 0 radical (unpaired) electrons. The highest BCUT2D eigenvalue weighted by Gasteiger charge is 2.28. The minimum Gasteiger partial charge on any atom is -0.357 e. The van der Waals surface area contributed by atoms with Crippen molar-refractivity contribution in [1.82, 2.24) is 9.80 Å². The Morgan fingerprint density at radius 2 is 1.83 bits per heavy atom. The Balaban J connectivity index is 2.31. The van der Waals surface area contributed by atoms with E-state index in [9.17, 15) is 9.59 Å². The monoisotopic (exact) mass is 315 g/mol. The highest BCUT2D eigenvalue weighted by molar-refractivity contribution is 6.01. The largest absolute Gasteiger partial charge is 0.357 e. The maximum Gasteiger partial charge on any atom is 0.220 e. The van der Waals surface area contributed by atoms with Gasteiger partial charge in [-0.25, -0.2) is 0 Å². The van der Waals surface area contributed by atoms with Crippen LogP contribution in [0.5, 0.6) is 0 Å². The number of rotatable bonds is 6. The number of likely N-dealkylation sites (N-methyl/N-ethyl adjacent to an activating group) is 1. The van der Waals surface area contributed by atoms with E-state index in [0.29, 0.717) is 13.1 Å². The molecule has 0 bridgehead atoms. The van der Waals surface area contributed by atoms with E-state index in [1.54, 1.807) is 4.90 Å². The summed E-state index contributed by atoms with van der Waals surface area (Å²) >= 11 is 0. The van der Waals surface area contributed by atoms with Gasteiger partial charge in [-0.2, -0.15) is 0 Å². The Morgan fingerprint density at radius 3 is 2.39 bits per heavy atom. The zero-order valence-corrected chi connectivity index (χ0v) is 14.1. The summed E-state index contributed by atoms with van der Waals surface area (Å²) in [5.74, 6) is -0.0515. The highest BCUT2D eigenvalue weighted by Crippen LogP contribution is 2.19. The van der Waals surface area contributed by atoms with Crippen LogP contribution in [0.3, 0.4) is 0 Å². The summed E-state index contributed by atoms with van der Waals surface area (Å²) in [7, 11) is 0. The molecule has 23 heavy (non-hydrogen) atoms. The molecule has 1 heterocycles. The van der Waals surface area contributed by atoms with Crippen LogP contribution in [0.4, 0.5) is 5.69 Å². The average molecular weight is 315 g/mol. The summed E-state index contributed by atoms with van der Waals surface area (Å²) in [6.07, 6.45) is 0. The molecular weight excluding hydrogens is 290 g/mol. The predicted octanol–water partition coefficient (Wildman–Crippen LogP) is 2.13. The van der Waals surface area contributed by atoms with Gasteiger partial charge in [0.05, 0.1) is 13.1 Å². The topological polar surface area (TPSA) is 52.6 Å². The summed E-state index contributed by atoms with van der Waals surface area (Å²) in [5.41, 5.74) is 2.54. The standard InChI is InChI=1S/C18H25N3O2/c1-4-20(5-2)11-16-17(19-15-9-7-6-8-10-15)12-21(14(3)22)13-18(16)23/h6-10,19H,4-5,11-13H2,1-3H3. The number of hydrogen-bond acceptors (Lipinski definition) is 4. The van der Waals surface area contributed by atoms with Crippen LogP contribution in [0.15, 0.2) is 41.6 Å². The quantitative estimate of drug-likeness (QED) is 0.874. The van der Waals surface area contributed by atoms with Gasteiger partial charge in [-0.1, -0.05) is 32.0 Å². The summed E-state index contributed by atoms with van der Waals surface area (Å²) in [5, 5.41) is 3.34. The van der Waals surface area contributed by atoms with Crippen molar-refractivity contribution in [1.29, 1.82) is 0 Å². The number of ketones is 1. The number of Topliss-reactive ketones (excluding diaryl/α,β-unsaturated/α-hetero) is 1. The third kappa shape index (κ3) is 4.42. The van der Waals surface area contributed by atoms with Crippen molar-refractivity contribution in [2.24, 2.45) is 0 Å². The van der Waals surface area contributed by atoms with Crippen LogP contribution in [-0.2, 0) is 9.59 Å². The van der Waals surface area contributed by atoms with E-state index in [4.69, 9.17) is 0 Å². The number of carbonyl (C=O) groups is 2. The number of nitrogens with zero attached hydrogens (tertiary/aromatic N) is 2. The average Bonchev–Trinajstić information content (AvgIpc) is 2.55. The van der Waals surface area contributed by atoms with Crippen LogP contribution in [0.2, 0.25) is 0 Å². The van der Waals surface area contributed by atoms with Gasteiger partial charge in [0, 0.05) is 30.4 Å². The Bertz CT molecular complexity index is 592. The van der Waals surface area contributed by atoms with Gasteiger partial charge < -0.3 is 10.2 Å². The van der Waals surface area contributed by atoms with E-state index in [-0.39, 0.29) is 18.2 Å². The van der Waals surface area contributed by atoms with E-state index in [1.807, 2.05) is 30.3 Å². The molecule has 1 aliphatic heterocycles. The minimum atomic E-state index is -0.0763. The Labute approximate surface area is 138 Å². The first-order chi connectivity index (χ1) is 11.0. The number of para-hydroxylation sites is 1. The SMILES string of the molecule is CCN(CC)CC1=C(Nc2ccccc2)CN(C(C)=O)CC1=O. The predicted molar refractivity (Wildman–Crippen MR) is 92.1 cm³/mol. The summed E-state index contributed by atoms with van der Waals surface area (Å²) in [4.78, 5) is 28.0. The number of nitrogens with one attached hydrogen (secondary N) is 1. The molecule has 2 rings (SSSR count). The molecule has 1 aromatic rings. The first kappa shape index (κ1) is 17.2. The third-order valence-corrected chi connectivity index (χ3v) is 4.17. The molecule has 0 fully saturated rings. The lowest BCUT2D eigenvalue weighted by Crippen LogP contribution is -2.44. The van der Waals surface area contributed by atoms with Gasteiger partial charge in [-0.05, 0) is 25.2 Å². The van der Waals surface area contributed by atoms with Gasteiger partial charge in [0.1, 0.15) is 0 Å². The van der Waals surface area contributed by atoms with Gasteiger partial charge in [0.2, 0.25) is 5.91 Å². The normalized spacial score (nSPS) is 15.3. The Kier molecular flexibility index (Phi) is 5.93. The second-order valence-electron chi connectivity index (χ2n) is 5.71. The number of carbonyl (C=O) groups excluding carboxylic acids is 2. The summed E-state index contributed by atoms with van der Waals surface area (Å²) < 4.78 is 0. The first-order valence-corrected chi connectivity index (χ1v) is 8.10. The maximum atomic E-state index is 12.6. The van der Waals surface area contributed by atoms with Crippen LogP contribution in [0.25, 0.3) is 0 Å². The van der Waals surface area contributed by atoms with Crippen molar-refractivity contribution in [2.75, 3.05) is 38.0 Å². The van der Waals surface area contributed by atoms with Crippen molar-refractivity contribution in [2.45, 2.75) is 20.8 Å². The number of benzene rings is 1. The lowest BCUT2D eigenvalue weighted by atomic mass is 10.0. The van der Waals surface area contributed by atoms with E-state index in [0.717, 1.165) is 30.0 Å². The van der Waals surface area contributed by atoms with Crippen LogP contribution in [0.1, 0.15) is 20.8 Å². The number of hydrogen-bond donors (Lipinski definition) is 1. The van der Waals surface area contributed by atoms with Crippen LogP contribution >= 0.6 is 0 Å². The molecule has 1 aliphatic rings. The zero-order valence-electron chi connectivity index (χ0n) is 14.1. The van der Waals surface area contributed by atoms with Gasteiger partial charge >= 0.3 is 0 Å². The lowest BCUT2D eigenvalue weighted by Gasteiger charge is -2.31. The van der Waals surface area contributed by atoms with Crippen molar-refractivity contribution in [3.05, 3.63) is 41.6 Å². The zero-order chi connectivity index (χ0) is 16.8. The molecule has 1 amide bonds. The van der Waals surface area contributed by atoms with Gasteiger partial charge in [0.15, 0.2) is 5.78 Å². The molecule has 5 nitrogen and oxygen atoms in total. The molecule has 1 N–H and O–H groups in total. The minimum absolute atomic E-state index is 0.0248. The first-order valence-electron chi connectivity index (χ1n) is 8.10. The molecule has 1 aromatic carbocycles. The summed E-state index contributed by atoms with van der Waals surface area (Å²) in [6, 6.07) is 9.75. The second-order valence-corrected chi connectivity index (χ2v) is 5.71. The smallest absolute Gasteiger partial charge is 0.220 e. The molecule has 0 aromatic heterocycles. The van der Waals surface area contributed by atoms with Gasteiger partial charge in [-0.3, -0.25) is 14.5 Å². The van der Waals surface area contributed by atoms with Gasteiger partial charge in [0.25, 0.3) is 0 Å². The van der Waals surface area contributed by atoms with Crippen molar-refractivity contribution >= 4 is 17.4 Å². The molecular formula is C18H25N3O2. The van der Waals surface area contributed by atoms with Crippen molar-refractivity contribution in [3.8, 4) is 0 Å². The molecule has 0 saturated carbocycles. The van der Waals surface area contributed by atoms with Crippen molar-refractivity contribution < 1.29 is 9.59 Å².